The molecule has 2 heterocycles. The molecule has 0 unspecified atom stereocenters. The van der Waals surface area contributed by atoms with E-state index in [9.17, 15) is 18.8 Å². The molecule has 2 aromatic carbocycles. The van der Waals surface area contributed by atoms with Crippen molar-refractivity contribution < 1.29 is 18.8 Å². The lowest BCUT2D eigenvalue weighted by atomic mass is 9.97. The highest BCUT2D eigenvalue weighted by atomic mass is 32.1. The van der Waals surface area contributed by atoms with Gasteiger partial charge in [0.1, 0.15) is 5.82 Å². The number of anilines is 1. The first kappa shape index (κ1) is 22.5. The zero-order chi connectivity index (χ0) is 23.2. The smallest absolute Gasteiger partial charge is 0.286 e. The predicted molar refractivity (Wildman–Crippen MR) is 121 cm³/mol. The number of rotatable bonds is 6. The van der Waals surface area contributed by atoms with Crippen molar-refractivity contribution >= 4 is 34.7 Å². The highest BCUT2D eigenvalue weighted by molar-refractivity contribution is 7.15. The summed E-state index contributed by atoms with van der Waals surface area (Å²) in [6, 6.07) is 14.9. The van der Waals surface area contributed by atoms with Crippen LogP contribution >= 0.6 is 11.3 Å². The molecule has 1 atom stereocenters. The number of nitrogens with zero attached hydrogens (tertiary/aromatic N) is 3. The third kappa shape index (κ3) is 5.78. The average Bonchev–Trinajstić information content (AvgIpc) is 3.35. The van der Waals surface area contributed by atoms with E-state index in [0.29, 0.717) is 31.6 Å². The lowest BCUT2D eigenvalue weighted by molar-refractivity contribution is -0.126. The maximum absolute atomic E-state index is 13.0. The lowest BCUT2D eigenvalue weighted by Gasteiger charge is -2.31. The molecule has 10 heteroatoms. The van der Waals surface area contributed by atoms with E-state index < -0.39 is 11.7 Å². The largest absolute Gasteiger partial charge is 0.352 e. The van der Waals surface area contributed by atoms with Crippen LogP contribution in [0.1, 0.15) is 38.0 Å². The number of likely N-dealkylation sites (tertiary alicyclic amines) is 1. The zero-order valence-electron chi connectivity index (χ0n) is 17.7. The molecule has 0 aliphatic carbocycles. The zero-order valence-corrected chi connectivity index (χ0v) is 18.5. The van der Waals surface area contributed by atoms with Crippen molar-refractivity contribution in [2.24, 2.45) is 5.92 Å². The van der Waals surface area contributed by atoms with Gasteiger partial charge in [-0.1, -0.05) is 41.7 Å². The molecule has 2 N–H and O–H groups in total. The van der Waals surface area contributed by atoms with Crippen LogP contribution in [-0.2, 0) is 11.3 Å². The summed E-state index contributed by atoms with van der Waals surface area (Å²) < 4.78 is 13.0. The van der Waals surface area contributed by atoms with Crippen LogP contribution in [0.15, 0.2) is 54.6 Å². The molecule has 0 spiro atoms. The maximum Gasteiger partial charge on any atom is 0.286 e. The van der Waals surface area contributed by atoms with Crippen LogP contribution in [0.5, 0.6) is 0 Å². The summed E-state index contributed by atoms with van der Waals surface area (Å²) in [7, 11) is 0. The van der Waals surface area contributed by atoms with Crippen LogP contribution in [0.2, 0.25) is 0 Å². The third-order valence-corrected chi connectivity index (χ3v) is 6.20. The lowest BCUT2D eigenvalue weighted by Crippen LogP contribution is -2.45. The quantitative estimate of drug-likeness (QED) is 0.580. The molecule has 0 radical (unpaired) electrons. The number of halogens is 1. The second-order valence-corrected chi connectivity index (χ2v) is 8.64. The summed E-state index contributed by atoms with van der Waals surface area (Å²) >= 11 is 0.882. The standard InChI is InChI=1S/C23H22FN5O3S/c24-17-8-10-18(11-9-17)26-20(31)21-27-28-22(33-21)23(32)29-12-4-7-16(14-29)19(30)25-13-15-5-2-1-3-6-15/h1-3,5-6,8-11,16H,4,7,12-14H2,(H,25,30)(H,26,31)/t16-/m0/s1. The van der Waals surface area contributed by atoms with Gasteiger partial charge in [0.25, 0.3) is 11.8 Å². The molecule has 1 fully saturated rings. The van der Waals surface area contributed by atoms with Crippen molar-refractivity contribution in [1.82, 2.24) is 20.4 Å². The van der Waals surface area contributed by atoms with Crippen molar-refractivity contribution in [3.63, 3.8) is 0 Å². The molecule has 8 nitrogen and oxygen atoms in total. The van der Waals surface area contributed by atoms with E-state index in [4.69, 9.17) is 0 Å². The van der Waals surface area contributed by atoms with E-state index in [2.05, 4.69) is 20.8 Å². The molecule has 1 aromatic heterocycles. The Hall–Kier alpha value is -3.66. The minimum Gasteiger partial charge on any atom is -0.352 e. The van der Waals surface area contributed by atoms with Gasteiger partial charge >= 0.3 is 0 Å². The van der Waals surface area contributed by atoms with Gasteiger partial charge in [-0.3, -0.25) is 14.4 Å². The molecule has 3 amide bonds. The highest BCUT2D eigenvalue weighted by Gasteiger charge is 2.30. The number of amides is 3. The first-order valence-corrected chi connectivity index (χ1v) is 11.3. The molecule has 170 valence electrons. The first-order valence-electron chi connectivity index (χ1n) is 10.5. The maximum atomic E-state index is 13.0. The fourth-order valence-electron chi connectivity index (χ4n) is 3.56. The minimum atomic E-state index is -0.532. The summed E-state index contributed by atoms with van der Waals surface area (Å²) in [4.78, 5) is 39.5. The third-order valence-electron chi connectivity index (χ3n) is 5.29. The Labute approximate surface area is 193 Å². The number of aromatic nitrogens is 2. The van der Waals surface area contributed by atoms with Gasteiger partial charge in [0.2, 0.25) is 15.9 Å². The molecule has 33 heavy (non-hydrogen) atoms. The highest BCUT2D eigenvalue weighted by Crippen LogP contribution is 2.21. The van der Waals surface area contributed by atoms with E-state index in [0.717, 1.165) is 16.9 Å². The molecule has 0 bridgehead atoms. The fourth-order valence-corrected chi connectivity index (χ4v) is 4.27. The number of nitrogens with one attached hydrogen (secondary N) is 2. The van der Waals surface area contributed by atoms with Crippen LogP contribution in [0.4, 0.5) is 10.1 Å². The van der Waals surface area contributed by atoms with Crippen LogP contribution in [-0.4, -0.2) is 45.9 Å². The Morgan fingerprint density at radius 3 is 2.52 bits per heavy atom. The van der Waals surface area contributed by atoms with Gasteiger partial charge in [-0.05, 0) is 42.7 Å². The number of hydrogen-bond donors (Lipinski definition) is 2. The molecule has 3 aromatic rings. The van der Waals surface area contributed by atoms with Gasteiger partial charge in [0.05, 0.1) is 5.92 Å². The Morgan fingerprint density at radius 2 is 1.76 bits per heavy atom. The molecule has 1 saturated heterocycles. The van der Waals surface area contributed by atoms with Crippen LogP contribution in [0.25, 0.3) is 0 Å². The summed E-state index contributed by atoms with van der Waals surface area (Å²) in [6.07, 6.45) is 1.40. The van der Waals surface area contributed by atoms with Gasteiger partial charge in [-0.15, -0.1) is 10.2 Å². The first-order chi connectivity index (χ1) is 16.0. The molecular formula is C23H22FN5O3S. The van der Waals surface area contributed by atoms with Crippen molar-refractivity contribution in [2.75, 3.05) is 18.4 Å². The Bertz CT molecular complexity index is 1140. The van der Waals surface area contributed by atoms with Gasteiger partial charge < -0.3 is 15.5 Å². The van der Waals surface area contributed by atoms with Gasteiger partial charge in [0.15, 0.2) is 0 Å². The molecule has 0 saturated carbocycles. The average molecular weight is 468 g/mol. The molecule has 1 aliphatic heterocycles. The molecular weight excluding hydrogens is 445 g/mol. The monoisotopic (exact) mass is 467 g/mol. The van der Waals surface area contributed by atoms with Gasteiger partial charge in [-0.25, -0.2) is 4.39 Å². The van der Waals surface area contributed by atoms with Crippen LogP contribution < -0.4 is 10.6 Å². The van der Waals surface area contributed by atoms with Crippen LogP contribution in [0, 0.1) is 11.7 Å². The van der Waals surface area contributed by atoms with E-state index in [1.165, 1.54) is 24.3 Å². The van der Waals surface area contributed by atoms with E-state index in [-0.39, 0.29) is 34.3 Å². The summed E-state index contributed by atoms with van der Waals surface area (Å²) in [5.41, 5.74) is 1.42. The Balaban J connectivity index is 1.33. The van der Waals surface area contributed by atoms with Crippen molar-refractivity contribution in [3.05, 3.63) is 76.0 Å². The van der Waals surface area contributed by atoms with Crippen LogP contribution in [0.3, 0.4) is 0 Å². The van der Waals surface area contributed by atoms with Crippen molar-refractivity contribution in [1.29, 1.82) is 0 Å². The minimum absolute atomic E-state index is 0.0249. The van der Waals surface area contributed by atoms with Gasteiger partial charge in [-0.2, -0.15) is 0 Å². The van der Waals surface area contributed by atoms with Gasteiger partial charge in [0, 0.05) is 25.3 Å². The van der Waals surface area contributed by atoms with Crippen molar-refractivity contribution in [3.8, 4) is 0 Å². The summed E-state index contributed by atoms with van der Waals surface area (Å²) in [6.45, 7) is 1.24. The fraction of sp³-hybridized carbons (Fsp3) is 0.261. The number of carbonyl (C=O) groups excluding carboxylic acids is 3. The molecule has 4 rings (SSSR count). The number of hydrogen-bond acceptors (Lipinski definition) is 6. The molecule has 1 aliphatic rings. The normalized spacial score (nSPS) is 15.7. The second kappa shape index (κ2) is 10.3. The topological polar surface area (TPSA) is 104 Å². The van der Waals surface area contributed by atoms with E-state index in [1.807, 2.05) is 30.3 Å². The Kier molecular flexibility index (Phi) is 7.04. The van der Waals surface area contributed by atoms with Crippen molar-refractivity contribution in [2.45, 2.75) is 19.4 Å². The SMILES string of the molecule is O=C(Nc1ccc(F)cc1)c1nnc(C(=O)N2CCC[C@H](C(=O)NCc3ccccc3)C2)s1. The summed E-state index contributed by atoms with van der Waals surface area (Å²) in [5.74, 6) is -1.69. The number of benzene rings is 2. The summed E-state index contributed by atoms with van der Waals surface area (Å²) in [5, 5.41) is 13.3. The van der Waals surface area contributed by atoms with E-state index in [1.54, 1.807) is 4.90 Å². The number of carbonyl (C=O) groups is 3. The van der Waals surface area contributed by atoms with E-state index >= 15 is 0 Å². The second-order valence-electron chi connectivity index (χ2n) is 7.67. The Morgan fingerprint density at radius 1 is 1.03 bits per heavy atom. The predicted octanol–water partition coefficient (Wildman–Crippen LogP) is 3.10. The number of piperidine rings is 1.